The highest BCUT2D eigenvalue weighted by Gasteiger charge is 2.11. The number of carbonyl (C=O) groups is 1. The second-order valence-electron chi connectivity index (χ2n) is 5.78. The molecule has 0 fully saturated rings. The number of carbonyl (C=O) groups excluding carboxylic acids is 1. The quantitative estimate of drug-likeness (QED) is 0.634. The number of ether oxygens (including phenoxy) is 2. The lowest BCUT2D eigenvalue weighted by Crippen LogP contribution is -2.18. The fraction of sp³-hybridized carbons (Fsp3) is 0.278. The zero-order valence-electron chi connectivity index (χ0n) is 14.0. The van der Waals surface area contributed by atoms with E-state index in [1.807, 2.05) is 24.3 Å². The number of thiazole rings is 1. The standard InChI is InChI=1S/C18H18N2O4S/c1-12(2)14-5-3-4-6-15(14)23-11-17(22)24-10-13-9-16(21)20-7-8-25-18(20)19-13/h3-9,12H,10-11H2,1-2H3. The van der Waals surface area contributed by atoms with Crippen LogP contribution in [-0.2, 0) is 16.1 Å². The van der Waals surface area contributed by atoms with Gasteiger partial charge < -0.3 is 9.47 Å². The van der Waals surface area contributed by atoms with Crippen molar-refractivity contribution in [2.24, 2.45) is 0 Å². The van der Waals surface area contributed by atoms with Crippen LogP contribution in [-0.4, -0.2) is 22.0 Å². The molecule has 0 saturated carbocycles. The lowest BCUT2D eigenvalue weighted by Gasteiger charge is -2.13. The van der Waals surface area contributed by atoms with Crippen molar-refractivity contribution in [2.75, 3.05) is 6.61 Å². The number of benzene rings is 1. The molecule has 1 aromatic carbocycles. The van der Waals surface area contributed by atoms with E-state index < -0.39 is 5.97 Å². The van der Waals surface area contributed by atoms with E-state index in [2.05, 4.69) is 18.8 Å². The molecule has 0 aliphatic carbocycles. The maximum atomic E-state index is 11.9. The predicted molar refractivity (Wildman–Crippen MR) is 95.2 cm³/mol. The Labute approximate surface area is 148 Å². The Morgan fingerprint density at radius 3 is 2.92 bits per heavy atom. The molecule has 0 amide bonds. The van der Waals surface area contributed by atoms with E-state index in [9.17, 15) is 9.59 Å². The van der Waals surface area contributed by atoms with E-state index in [0.717, 1.165) is 5.56 Å². The van der Waals surface area contributed by atoms with Crippen molar-refractivity contribution in [3.8, 4) is 5.75 Å². The zero-order valence-corrected chi connectivity index (χ0v) is 14.8. The first-order valence-corrected chi connectivity index (χ1v) is 8.75. The molecule has 0 N–H and O–H groups in total. The van der Waals surface area contributed by atoms with Crippen LogP contribution in [0.15, 0.2) is 46.7 Å². The van der Waals surface area contributed by atoms with Crippen LogP contribution in [0.2, 0.25) is 0 Å². The minimum atomic E-state index is -0.508. The monoisotopic (exact) mass is 358 g/mol. The molecule has 6 nitrogen and oxygen atoms in total. The summed E-state index contributed by atoms with van der Waals surface area (Å²) < 4.78 is 12.2. The summed E-state index contributed by atoms with van der Waals surface area (Å²) in [6.45, 7) is 3.87. The summed E-state index contributed by atoms with van der Waals surface area (Å²) in [5, 5.41) is 1.78. The third-order valence-electron chi connectivity index (χ3n) is 3.62. The van der Waals surface area contributed by atoms with Crippen LogP contribution in [0, 0.1) is 0 Å². The van der Waals surface area contributed by atoms with Crippen LogP contribution in [0.25, 0.3) is 4.96 Å². The van der Waals surface area contributed by atoms with Crippen molar-refractivity contribution in [3.05, 3.63) is 63.5 Å². The van der Waals surface area contributed by atoms with Gasteiger partial charge in [0.15, 0.2) is 11.6 Å². The van der Waals surface area contributed by atoms with Crippen molar-refractivity contribution in [3.63, 3.8) is 0 Å². The minimum absolute atomic E-state index is 0.0579. The number of hydrogen-bond donors (Lipinski definition) is 0. The highest BCUT2D eigenvalue weighted by molar-refractivity contribution is 7.15. The van der Waals surface area contributed by atoms with Crippen molar-refractivity contribution in [1.82, 2.24) is 9.38 Å². The molecule has 2 aromatic heterocycles. The van der Waals surface area contributed by atoms with E-state index in [-0.39, 0.29) is 18.8 Å². The molecule has 7 heteroatoms. The second kappa shape index (κ2) is 7.48. The summed E-state index contributed by atoms with van der Waals surface area (Å²) >= 11 is 1.35. The number of esters is 1. The lowest BCUT2D eigenvalue weighted by molar-refractivity contribution is -0.147. The lowest BCUT2D eigenvalue weighted by atomic mass is 10.0. The fourth-order valence-corrected chi connectivity index (χ4v) is 3.12. The van der Waals surface area contributed by atoms with Gasteiger partial charge in [-0.25, -0.2) is 9.78 Å². The van der Waals surface area contributed by atoms with Crippen LogP contribution in [0.3, 0.4) is 0 Å². The summed E-state index contributed by atoms with van der Waals surface area (Å²) in [5.41, 5.74) is 1.26. The first kappa shape index (κ1) is 17.2. The summed E-state index contributed by atoms with van der Waals surface area (Å²) in [4.78, 5) is 28.7. The Morgan fingerprint density at radius 2 is 2.12 bits per heavy atom. The number of para-hydroxylation sites is 1. The van der Waals surface area contributed by atoms with Gasteiger partial charge in [-0.2, -0.15) is 0 Å². The van der Waals surface area contributed by atoms with Gasteiger partial charge in [-0.05, 0) is 17.5 Å². The number of nitrogens with zero attached hydrogens (tertiary/aromatic N) is 2. The first-order valence-electron chi connectivity index (χ1n) is 7.87. The molecular formula is C18H18N2O4S. The van der Waals surface area contributed by atoms with Gasteiger partial charge in [0.25, 0.3) is 5.56 Å². The highest BCUT2D eigenvalue weighted by atomic mass is 32.1. The van der Waals surface area contributed by atoms with Crippen LogP contribution in [0.4, 0.5) is 0 Å². The van der Waals surface area contributed by atoms with Gasteiger partial charge in [-0.1, -0.05) is 32.0 Å². The van der Waals surface area contributed by atoms with Crippen LogP contribution >= 0.6 is 11.3 Å². The van der Waals surface area contributed by atoms with E-state index in [1.165, 1.54) is 21.8 Å². The van der Waals surface area contributed by atoms with Gasteiger partial charge in [0.1, 0.15) is 12.4 Å². The highest BCUT2D eigenvalue weighted by Crippen LogP contribution is 2.25. The average Bonchev–Trinajstić information content (AvgIpc) is 3.07. The number of hydrogen-bond acceptors (Lipinski definition) is 6. The first-order chi connectivity index (χ1) is 12.0. The second-order valence-corrected chi connectivity index (χ2v) is 6.66. The molecule has 0 unspecified atom stereocenters. The van der Waals surface area contributed by atoms with E-state index >= 15 is 0 Å². The van der Waals surface area contributed by atoms with Crippen molar-refractivity contribution in [2.45, 2.75) is 26.4 Å². The fourth-order valence-electron chi connectivity index (χ4n) is 2.38. The van der Waals surface area contributed by atoms with Gasteiger partial charge in [-0.3, -0.25) is 9.20 Å². The summed E-state index contributed by atoms with van der Waals surface area (Å²) in [7, 11) is 0. The van der Waals surface area contributed by atoms with Gasteiger partial charge in [0.2, 0.25) is 0 Å². The van der Waals surface area contributed by atoms with Crippen molar-refractivity contribution >= 4 is 22.3 Å². The van der Waals surface area contributed by atoms with Crippen molar-refractivity contribution < 1.29 is 14.3 Å². The molecule has 0 atom stereocenters. The number of aromatic nitrogens is 2. The van der Waals surface area contributed by atoms with E-state index in [4.69, 9.17) is 9.47 Å². The SMILES string of the molecule is CC(C)c1ccccc1OCC(=O)OCc1cc(=O)n2ccsc2n1. The third-order valence-corrected chi connectivity index (χ3v) is 4.38. The molecule has 3 aromatic rings. The Morgan fingerprint density at radius 1 is 1.32 bits per heavy atom. The van der Waals surface area contributed by atoms with Gasteiger partial charge >= 0.3 is 5.97 Å². The Kier molecular flexibility index (Phi) is 5.14. The Hall–Kier alpha value is -2.67. The maximum Gasteiger partial charge on any atom is 0.344 e. The number of rotatable bonds is 6. The topological polar surface area (TPSA) is 69.9 Å². The summed E-state index contributed by atoms with van der Waals surface area (Å²) in [6, 6.07) is 8.96. The summed E-state index contributed by atoms with van der Waals surface area (Å²) in [5.74, 6) is 0.458. The van der Waals surface area contributed by atoms with Gasteiger partial charge in [-0.15, -0.1) is 11.3 Å². The zero-order chi connectivity index (χ0) is 17.8. The van der Waals surface area contributed by atoms with E-state index in [1.54, 1.807) is 11.6 Å². The Balaban J connectivity index is 1.58. The number of fused-ring (bicyclic) bond motifs is 1. The molecule has 0 aliphatic rings. The molecular weight excluding hydrogens is 340 g/mol. The smallest absolute Gasteiger partial charge is 0.344 e. The molecule has 3 rings (SSSR count). The molecule has 0 saturated heterocycles. The molecule has 0 aliphatic heterocycles. The van der Waals surface area contributed by atoms with Crippen LogP contribution in [0.5, 0.6) is 5.75 Å². The molecule has 0 spiro atoms. The normalized spacial score (nSPS) is 11.0. The third kappa shape index (κ3) is 4.06. The molecule has 130 valence electrons. The summed E-state index contributed by atoms with van der Waals surface area (Å²) in [6.07, 6.45) is 1.66. The van der Waals surface area contributed by atoms with Gasteiger partial charge in [0, 0.05) is 17.6 Å². The molecule has 0 bridgehead atoms. The van der Waals surface area contributed by atoms with Crippen molar-refractivity contribution in [1.29, 1.82) is 0 Å². The largest absolute Gasteiger partial charge is 0.482 e. The molecule has 0 radical (unpaired) electrons. The average molecular weight is 358 g/mol. The van der Waals surface area contributed by atoms with Crippen LogP contribution < -0.4 is 10.3 Å². The van der Waals surface area contributed by atoms with Gasteiger partial charge in [0.05, 0.1) is 5.69 Å². The van der Waals surface area contributed by atoms with E-state index in [0.29, 0.717) is 22.3 Å². The maximum absolute atomic E-state index is 11.9. The minimum Gasteiger partial charge on any atom is -0.482 e. The van der Waals surface area contributed by atoms with Crippen LogP contribution in [0.1, 0.15) is 31.0 Å². The predicted octanol–water partition coefficient (Wildman–Crippen LogP) is 3.00. The molecule has 2 heterocycles. The molecule has 25 heavy (non-hydrogen) atoms. The Bertz CT molecular complexity index is 945.